The predicted octanol–water partition coefficient (Wildman–Crippen LogP) is -0.138. The third kappa shape index (κ3) is 3.37. The summed E-state index contributed by atoms with van der Waals surface area (Å²) in [4.78, 5) is 27.8. The van der Waals surface area contributed by atoms with Crippen LogP contribution in [0.5, 0.6) is 0 Å². The van der Waals surface area contributed by atoms with E-state index in [0.717, 1.165) is 0 Å². The van der Waals surface area contributed by atoms with Gasteiger partial charge in [0.1, 0.15) is 6.04 Å². The minimum absolute atomic E-state index is 0.103. The van der Waals surface area contributed by atoms with E-state index in [-0.39, 0.29) is 36.2 Å². The number of carbonyl (C=O) groups excluding carboxylic acids is 2. The maximum Gasteiger partial charge on any atom is 0.246 e. The average Bonchev–Trinajstić information content (AvgIpc) is 2.71. The SMILES string of the molecule is CC1CC(=O)NC(C(C)(C)C)C(=O)N1Cc1nnn(C)n1. The average molecular weight is 294 g/mol. The lowest BCUT2D eigenvalue weighted by atomic mass is 9.86. The van der Waals surface area contributed by atoms with Crippen molar-refractivity contribution in [1.82, 2.24) is 30.4 Å². The molecule has 1 aliphatic rings. The zero-order chi connectivity index (χ0) is 15.8. The highest BCUT2D eigenvalue weighted by Gasteiger charge is 2.40. The number of tetrazole rings is 1. The molecule has 21 heavy (non-hydrogen) atoms. The largest absolute Gasteiger partial charge is 0.344 e. The molecule has 1 aromatic heterocycles. The molecule has 2 unspecified atom stereocenters. The number of nitrogens with one attached hydrogen (secondary N) is 1. The van der Waals surface area contributed by atoms with Gasteiger partial charge in [0.15, 0.2) is 5.82 Å². The smallest absolute Gasteiger partial charge is 0.246 e. The van der Waals surface area contributed by atoms with E-state index in [1.54, 1.807) is 11.9 Å². The van der Waals surface area contributed by atoms with Gasteiger partial charge in [0.25, 0.3) is 0 Å². The lowest BCUT2D eigenvalue weighted by molar-refractivity contribution is -0.138. The molecule has 1 aliphatic heterocycles. The summed E-state index contributed by atoms with van der Waals surface area (Å²) in [5, 5.41) is 14.6. The first kappa shape index (κ1) is 15.4. The Hall–Kier alpha value is -1.99. The summed E-state index contributed by atoms with van der Waals surface area (Å²) in [6, 6.07) is -0.750. The Labute approximate surface area is 123 Å². The summed E-state index contributed by atoms with van der Waals surface area (Å²) in [5.74, 6) is 0.262. The number of nitrogens with zero attached hydrogens (tertiary/aromatic N) is 5. The molecular formula is C13H22N6O2. The van der Waals surface area contributed by atoms with Crippen LogP contribution in [-0.2, 0) is 23.2 Å². The second kappa shape index (κ2) is 5.42. The Morgan fingerprint density at radius 2 is 2.00 bits per heavy atom. The first-order chi connectivity index (χ1) is 9.68. The molecule has 2 rings (SSSR count). The molecular weight excluding hydrogens is 272 g/mol. The topological polar surface area (TPSA) is 93.0 Å². The molecule has 2 atom stereocenters. The molecule has 8 nitrogen and oxygen atoms in total. The molecule has 2 amide bonds. The number of aromatic nitrogens is 4. The van der Waals surface area contributed by atoms with Gasteiger partial charge in [0, 0.05) is 12.5 Å². The molecule has 0 saturated carbocycles. The van der Waals surface area contributed by atoms with E-state index in [1.807, 2.05) is 27.7 Å². The number of hydrogen-bond acceptors (Lipinski definition) is 5. The Morgan fingerprint density at radius 3 is 2.52 bits per heavy atom. The van der Waals surface area contributed by atoms with Crippen LogP contribution in [0.3, 0.4) is 0 Å². The van der Waals surface area contributed by atoms with Crippen LogP contribution in [0.25, 0.3) is 0 Å². The van der Waals surface area contributed by atoms with Gasteiger partial charge < -0.3 is 10.2 Å². The van der Waals surface area contributed by atoms with Crippen LogP contribution in [0.2, 0.25) is 0 Å². The van der Waals surface area contributed by atoms with Crippen LogP contribution < -0.4 is 5.32 Å². The summed E-state index contributed by atoms with van der Waals surface area (Å²) >= 11 is 0. The molecule has 0 radical (unpaired) electrons. The summed E-state index contributed by atoms with van der Waals surface area (Å²) < 4.78 is 0. The van der Waals surface area contributed by atoms with Crippen molar-refractivity contribution in [2.24, 2.45) is 12.5 Å². The first-order valence-electron chi connectivity index (χ1n) is 7.01. The first-order valence-corrected chi connectivity index (χ1v) is 7.01. The molecule has 1 aromatic rings. The van der Waals surface area contributed by atoms with Gasteiger partial charge in [-0.25, -0.2) is 0 Å². The van der Waals surface area contributed by atoms with Crippen LogP contribution >= 0.6 is 0 Å². The molecule has 1 fully saturated rings. The van der Waals surface area contributed by atoms with Crippen molar-refractivity contribution in [2.75, 3.05) is 0 Å². The quantitative estimate of drug-likeness (QED) is 0.819. The molecule has 2 heterocycles. The van der Waals surface area contributed by atoms with Gasteiger partial charge in [-0.1, -0.05) is 20.8 Å². The van der Waals surface area contributed by atoms with Crippen molar-refractivity contribution in [3.63, 3.8) is 0 Å². The fourth-order valence-electron chi connectivity index (χ4n) is 2.40. The molecule has 0 aromatic carbocycles. The summed E-state index contributed by atoms with van der Waals surface area (Å²) in [6.45, 7) is 7.92. The lowest BCUT2D eigenvalue weighted by Gasteiger charge is -2.33. The minimum Gasteiger partial charge on any atom is -0.344 e. The summed E-state index contributed by atoms with van der Waals surface area (Å²) in [7, 11) is 1.67. The fourth-order valence-corrected chi connectivity index (χ4v) is 2.40. The van der Waals surface area contributed by atoms with Crippen LogP contribution in [-0.4, -0.2) is 49.0 Å². The zero-order valence-corrected chi connectivity index (χ0v) is 13.1. The normalized spacial score (nSPS) is 24.0. The Kier molecular flexibility index (Phi) is 3.97. The Bertz CT molecular complexity index is 547. The van der Waals surface area contributed by atoms with E-state index >= 15 is 0 Å². The van der Waals surface area contributed by atoms with Crippen molar-refractivity contribution in [3.05, 3.63) is 5.82 Å². The molecule has 1 saturated heterocycles. The summed E-state index contributed by atoms with van der Waals surface area (Å²) in [6.07, 6.45) is 0.276. The third-order valence-corrected chi connectivity index (χ3v) is 3.58. The van der Waals surface area contributed by atoms with E-state index in [1.165, 1.54) is 4.80 Å². The van der Waals surface area contributed by atoms with E-state index in [4.69, 9.17) is 0 Å². The third-order valence-electron chi connectivity index (χ3n) is 3.58. The van der Waals surface area contributed by atoms with Crippen molar-refractivity contribution >= 4 is 11.8 Å². The van der Waals surface area contributed by atoms with Gasteiger partial charge in [-0.3, -0.25) is 9.59 Å². The maximum absolute atomic E-state index is 12.8. The molecule has 116 valence electrons. The van der Waals surface area contributed by atoms with Gasteiger partial charge >= 0.3 is 0 Å². The van der Waals surface area contributed by atoms with Crippen LogP contribution in [0.1, 0.15) is 39.9 Å². The number of rotatable bonds is 2. The number of carbonyl (C=O) groups is 2. The van der Waals surface area contributed by atoms with Crippen molar-refractivity contribution in [1.29, 1.82) is 0 Å². The Morgan fingerprint density at radius 1 is 1.33 bits per heavy atom. The zero-order valence-electron chi connectivity index (χ0n) is 13.1. The number of hydrogen-bond donors (Lipinski definition) is 1. The van der Waals surface area contributed by atoms with Gasteiger partial charge in [-0.05, 0) is 17.6 Å². The van der Waals surface area contributed by atoms with Gasteiger partial charge in [0.05, 0.1) is 13.6 Å². The number of aryl methyl sites for hydroxylation is 1. The lowest BCUT2D eigenvalue weighted by Crippen LogP contribution is -2.52. The second-order valence-corrected chi connectivity index (χ2v) is 6.58. The molecule has 0 spiro atoms. The van der Waals surface area contributed by atoms with Crippen molar-refractivity contribution < 1.29 is 9.59 Å². The highest BCUT2D eigenvalue weighted by atomic mass is 16.2. The minimum atomic E-state index is -0.549. The van der Waals surface area contributed by atoms with E-state index in [0.29, 0.717) is 5.82 Å². The molecule has 1 N–H and O–H groups in total. The van der Waals surface area contributed by atoms with E-state index < -0.39 is 6.04 Å². The van der Waals surface area contributed by atoms with Crippen LogP contribution in [0.4, 0.5) is 0 Å². The van der Waals surface area contributed by atoms with Gasteiger partial charge in [-0.2, -0.15) is 4.80 Å². The monoisotopic (exact) mass is 294 g/mol. The second-order valence-electron chi connectivity index (χ2n) is 6.58. The van der Waals surface area contributed by atoms with Crippen LogP contribution in [0.15, 0.2) is 0 Å². The highest BCUT2D eigenvalue weighted by molar-refractivity contribution is 5.91. The predicted molar refractivity (Wildman–Crippen MR) is 74.8 cm³/mol. The fraction of sp³-hybridized carbons (Fsp3) is 0.769. The highest BCUT2D eigenvalue weighted by Crippen LogP contribution is 2.25. The maximum atomic E-state index is 12.8. The standard InChI is InChI=1S/C13H22N6O2/c1-8-6-10(20)14-11(13(2,3)4)12(21)19(8)7-9-15-17-18(5)16-9/h8,11H,6-7H2,1-5H3,(H,14,20). The van der Waals surface area contributed by atoms with Gasteiger partial charge in [-0.15, -0.1) is 10.2 Å². The van der Waals surface area contributed by atoms with Gasteiger partial charge in [0.2, 0.25) is 11.8 Å². The van der Waals surface area contributed by atoms with Crippen LogP contribution in [0, 0.1) is 5.41 Å². The van der Waals surface area contributed by atoms with E-state index in [2.05, 4.69) is 20.7 Å². The molecule has 0 aliphatic carbocycles. The van der Waals surface area contributed by atoms with Crippen molar-refractivity contribution in [2.45, 2.75) is 52.7 Å². The Balaban J connectivity index is 2.28. The molecule has 8 heteroatoms. The van der Waals surface area contributed by atoms with Crippen molar-refractivity contribution in [3.8, 4) is 0 Å². The summed E-state index contributed by atoms with van der Waals surface area (Å²) in [5.41, 5.74) is -0.356. The van der Waals surface area contributed by atoms with E-state index in [9.17, 15) is 9.59 Å². The molecule has 0 bridgehead atoms. The number of amides is 2.